The van der Waals surface area contributed by atoms with Gasteiger partial charge in [0.15, 0.2) is 0 Å². The number of aliphatic hydroxyl groups excluding tert-OH is 1. The van der Waals surface area contributed by atoms with Crippen LogP contribution in [0.1, 0.15) is 25.7 Å². The van der Waals surface area contributed by atoms with E-state index in [0.29, 0.717) is 13.1 Å². The van der Waals surface area contributed by atoms with Crippen LogP contribution >= 0.6 is 11.8 Å². The van der Waals surface area contributed by atoms with Gasteiger partial charge in [0.05, 0.1) is 6.10 Å². The molecule has 0 bridgehead atoms. The van der Waals surface area contributed by atoms with Crippen LogP contribution in [-0.2, 0) is 0 Å². The number of hydrogen-bond donors (Lipinski definition) is 3. The number of thioether (sulfide) groups is 1. The van der Waals surface area contributed by atoms with Crippen molar-refractivity contribution in [2.45, 2.75) is 31.8 Å². The molecule has 5 heteroatoms. The van der Waals surface area contributed by atoms with Crippen LogP contribution in [0.3, 0.4) is 0 Å². The molecule has 104 valence electrons. The Hall–Kier alpha value is -0.680. The van der Waals surface area contributed by atoms with Gasteiger partial charge in [-0.15, -0.1) is 6.58 Å². The van der Waals surface area contributed by atoms with Crippen LogP contribution in [0.2, 0.25) is 0 Å². The lowest BCUT2D eigenvalue weighted by atomic mass is 9.86. The average molecular weight is 272 g/mol. The van der Waals surface area contributed by atoms with E-state index in [2.05, 4.69) is 17.2 Å². The fourth-order valence-corrected chi connectivity index (χ4v) is 2.70. The van der Waals surface area contributed by atoms with E-state index in [1.165, 1.54) is 0 Å². The van der Waals surface area contributed by atoms with Gasteiger partial charge in [0, 0.05) is 30.5 Å². The third kappa shape index (κ3) is 6.31. The van der Waals surface area contributed by atoms with Crippen molar-refractivity contribution < 1.29 is 9.90 Å². The van der Waals surface area contributed by atoms with Gasteiger partial charge in [-0.1, -0.05) is 18.9 Å². The first-order valence-corrected chi connectivity index (χ1v) is 7.78. The zero-order chi connectivity index (χ0) is 13.2. The van der Waals surface area contributed by atoms with E-state index in [0.717, 1.165) is 37.2 Å². The fourth-order valence-electron chi connectivity index (χ4n) is 2.12. The summed E-state index contributed by atoms with van der Waals surface area (Å²) >= 11 is 1.74. The van der Waals surface area contributed by atoms with E-state index in [-0.39, 0.29) is 18.1 Å². The second kappa shape index (κ2) is 9.28. The van der Waals surface area contributed by atoms with Crippen LogP contribution in [-0.4, -0.2) is 41.8 Å². The largest absolute Gasteiger partial charge is 0.393 e. The molecule has 2 amide bonds. The highest BCUT2D eigenvalue weighted by molar-refractivity contribution is 7.99. The molecule has 0 heterocycles. The van der Waals surface area contributed by atoms with Crippen molar-refractivity contribution >= 4 is 17.8 Å². The van der Waals surface area contributed by atoms with Crippen molar-refractivity contribution in [3.63, 3.8) is 0 Å². The maximum atomic E-state index is 11.5. The number of nitrogens with one attached hydrogen (secondary N) is 2. The highest BCUT2D eigenvalue weighted by Crippen LogP contribution is 2.23. The van der Waals surface area contributed by atoms with Gasteiger partial charge in [0.25, 0.3) is 0 Å². The maximum absolute atomic E-state index is 11.5. The molecule has 1 rings (SSSR count). The number of amides is 2. The number of carbonyl (C=O) groups excluding carboxylic acids is 1. The Morgan fingerprint density at radius 3 is 2.89 bits per heavy atom. The molecule has 1 saturated carbocycles. The van der Waals surface area contributed by atoms with Crippen molar-refractivity contribution in [2.75, 3.05) is 24.6 Å². The SMILES string of the molecule is C=CCSCCNC(=O)NCC1CCCCC1O. The van der Waals surface area contributed by atoms with Crippen LogP contribution in [0, 0.1) is 5.92 Å². The van der Waals surface area contributed by atoms with Crippen molar-refractivity contribution in [3.8, 4) is 0 Å². The van der Waals surface area contributed by atoms with E-state index >= 15 is 0 Å². The summed E-state index contributed by atoms with van der Waals surface area (Å²) in [5, 5.41) is 15.4. The molecule has 2 unspecified atom stereocenters. The number of carbonyl (C=O) groups is 1. The van der Waals surface area contributed by atoms with E-state index in [1.807, 2.05) is 6.08 Å². The van der Waals surface area contributed by atoms with Crippen LogP contribution < -0.4 is 10.6 Å². The van der Waals surface area contributed by atoms with Gasteiger partial charge >= 0.3 is 6.03 Å². The summed E-state index contributed by atoms with van der Waals surface area (Å²) < 4.78 is 0. The minimum absolute atomic E-state index is 0.132. The summed E-state index contributed by atoms with van der Waals surface area (Å²) in [5.74, 6) is 2.03. The van der Waals surface area contributed by atoms with Gasteiger partial charge in [0.1, 0.15) is 0 Å². The highest BCUT2D eigenvalue weighted by Gasteiger charge is 2.23. The van der Waals surface area contributed by atoms with Gasteiger partial charge < -0.3 is 15.7 Å². The molecule has 3 N–H and O–H groups in total. The van der Waals surface area contributed by atoms with Crippen molar-refractivity contribution in [3.05, 3.63) is 12.7 Å². The third-order valence-corrected chi connectivity index (χ3v) is 4.13. The molecule has 0 radical (unpaired) electrons. The Balaban J connectivity index is 2.03. The van der Waals surface area contributed by atoms with Crippen LogP contribution in [0.4, 0.5) is 4.79 Å². The van der Waals surface area contributed by atoms with Crippen LogP contribution in [0.15, 0.2) is 12.7 Å². The predicted octanol–water partition coefficient (Wildman–Crippen LogP) is 1.76. The summed E-state index contributed by atoms with van der Waals surface area (Å²) in [6.07, 6.45) is 5.74. The Morgan fingerprint density at radius 1 is 1.39 bits per heavy atom. The second-order valence-electron chi connectivity index (χ2n) is 4.61. The van der Waals surface area contributed by atoms with Gasteiger partial charge in [-0.2, -0.15) is 11.8 Å². The Labute approximate surface area is 114 Å². The van der Waals surface area contributed by atoms with Crippen molar-refractivity contribution in [1.82, 2.24) is 10.6 Å². The third-order valence-electron chi connectivity index (χ3n) is 3.16. The number of rotatable bonds is 7. The normalized spacial score (nSPS) is 23.4. The molecule has 1 aliphatic carbocycles. The lowest BCUT2D eigenvalue weighted by Gasteiger charge is -2.27. The zero-order valence-corrected chi connectivity index (χ0v) is 11.7. The standard InChI is InChI=1S/C13H24N2O2S/c1-2-8-18-9-7-14-13(17)15-10-11-5-3-4-6-12(11)16/h2,11-12,16H,1,3-10H2,(H2,14,15,17). The highest BCUT2D eigenvalue weighted by atomic mass is 32.2. The Kier molecular flexibility index (Phi) is 7.93. The predicted molar refractivity (Wildman–Crippen MR) is 76.9 cm³/mol. The molecule has 0 aliphatic heterocycles. The maximum Gasteiger partial charge on any atom is 0.314 e. The molecule has 4 nitrogen and oxygen atoms in total. The fraction of sp³-hybridized carbons (Fsp3) is 0.769. The zero-order valence-electron chi connectivity index (χ0n) is 10.9. The van der Waals surface area contributed by atoms with Gasteiger partial charge in [-0.25, -0.2) is 4.79 Å². The molecule has 1 fully saturated rings. The quantitative estimate of drug-likeness (QED) is 0.489. The topological polar surface area (TPSA) is 61.4 Å². The van der Waals surface area contributed by atoms with Crippen LogP contribution in [0.5, 0.6) is 0 Å². The molecule has 0 aromatic rings. The minimum atomic E-state index is -0.248. The first kappa shape index (κ1) is 15.4. The smallest absolute Gasteiger partial charge is 0.314 e. The first-order valence-electron chi connectivity index (χ1n) is 6.62. The molecule has 0 spiro atoms. The van der Waals surface area contributed by atoms with Gasteiger partial charge in [-0.05, 0) is 12.8 Å². The summed E-state index contributed by atoms with van der Waals surface area (Å²) in [7, 11) is 0. The summed E-state index contributed by atoms with van der Waals surface area (Å²) in [6, 6.07) is -0.132. The molecular formula is C13H24N2O2S. The van der Waals surface area contributed by atoms with Crippen LogP contribution in [0.25, 0.3) is 0 Å². The van der Waals surface area contributed by atoms with E-state index in [9.17, 15) is 9.90 Å². The number of urea groups is 1. The summed E-state index contributed by atoms with van der Waals surface area (Å²) in [4.78, 5) is 11.5. The molecule has 0 aromatic heterocycles. The van der Waals surface area contributed by atoms with Gasteiger partial charge in [0.2, 0.25) is 0 Å². The molecule has 0 aromatic carbocycles. The van der Waals surface area contributed by atoms with Crippen molar-refractivity contribution in [1.29, 1.82) is 0 Å². The van der Waals surface area contributed by atoms with E-state index in [1.54, 1.807) is 11.8 Å². The van der Waals surface area contributed by atoms with E-state index in [4.69, 9.17) is 0 Å². The Bertz CT molecular complexity index is 261. The molecule has 0 saturated heterocycles. The molecule has 2 atom stereocenters. The average Bonchev–Trinajstić information content (AvgIpc) is 2.37. The van der Waals surface area contributed by atoms with Gasteiger partial charge in [-0.3, -0.25) is 0 Å². The molecule has 1 aliphatic rings. The minimum Gasteiger partial charge on any atom is -0.393 e. The lowest BCUT2D eigenvalue weighted by molar-refractivity contribution is 0.0709. The second-order valence-corrected chi connectivity index (χ2v) is 5.76. The monoisotopic (exact) mass is 272 g/mol. The van der Waals surface area contributed by atoms with E-state index < -0.39 is 0 Å². The lowest BCUT2D eigenvalue weighted by Crippen LogP contribution is -2.42. The Morgan fingerprint density at radius 2 is 2.17 bits per heavy atom. The first-order chi connectivity index (χ1) is 8.74. The summed E-state index contributed by atoms with van der Waals surface area (Å²) in [6.45, 7) is 4.88. The summed E-state index contributed by atoms with van der Waals surface area (Å²) in [5.41, 5.74) is 0. The molecular weight excluding hydrogens is 248 g/mol. The molecule has 18 heavy (non-hydrogen) atoms. The number of hydrogen-bond acceptors (Lipinski definition) is 3. The van der Waals surface area contributed by atoms with Crippen molar-refractivity contribution in [2.24, 2.45) is 5.92 Å². The number of aliphatic hydroxyl groups is 1.